The Morgan fingerprint density at radius 1 is 1.39 bits per heavy atom. The second kappa shape index (κ2) is 5.11. The minimum atomic E-state index is -0.337. The molecule has 1 aromatic heterocycles. The highest BCUT2D eigenvalue weighted by atomic mass is 35.5. The number of hydrogen-bond donors (Lipinski definition) is 1. The van der Waals surface area contributed by atoms with Crippen molar-refractivity contribution in [2.75, 3.05) is 12.4 Å². The Morgan fingerprint density at radius 2 is 2.11 bits per heavy atom. The fraction of sp³-hybridized carbons (Fsp3) is 0.357. The van der Waals surface area contributed by atoms with Crippen molar-refractivity contribution in [3.8, 4) is 0 Å². The van der Waals surface area contributed by atoms with Crippen LogP contribution in [0.25, 0.3) is 10.9 Å². The molecule has 0 bridgehead atoms. The maximum Gasteiger partial charge on any atom is 0.149 e. The molecule has 18 heavy (non-hydrogen) atoms. The molecule has 0 radical (unpaired) electrons. The number of anilines is 1. The van der Waals surface area contributed by atoms with E-state index in [0.717, 1.165) is 17.8 Å². The van der Waals surface area contributed by atoms with Crippen LogP contribution in [0.5, 0.6) is 0 Å². The summed E-state index contributed by atoms with van der Waals surface area (Å²) in [4.78, 5) is 4.38. The fourth-order valence-corrected chi connectivity index (χ4v) is 2.30. The van der Waals surface area contributed by atoms with Gasteiger partial charge in [-0.1, -0.05) is 25.4 Å². The number of aromatic nitrogens is 1. The van der Waals surface area contributed by atoms with Gasteiger partial charge in [-0.25, -0.2) is 9.37 Å². The van der Waals surface area contributed by atoms with Crippen LogP contribution in [0.4, 0.5) is 10.1 Å². The quantitative estimate of drug-likeness (QED) is 0.897. The molecule has 2 nitrogen and oxygen atoms in total. The maximum atomic E-state index is 13.9. The van der Waals surface area contributed by atoms with Crippen LogP contribution in [-0.4, -0.2) is 12.0 Å². The van der Waals surface area contributed by atoms with Crippen LogP contribution in [0.3, 0.4) is 0 Å². The van der Waals surface area contributed by atoms with Crippen molar-refractivity contribution in [3.05, 3.63) is 34.7 Å². The fourth-order valence-electron chi connectivity index (χ4n) is 2.04. The van der Waals surface area contributed by atoms with Gasteiger partial charge in [0.05, 0.1) is 5.02 Å². The van der Waals surface area contributed by atoms with Gasteiger partial charge in [-0.05, 0) is 30.5 Å². The monoisotopic (exact) mass is 266 g/mol. The molecule has 0 unspecified atom stereocenters. The molecular formula is C14H16ClFN2. The summed E-state index contributed by atoms with van der Waals surface area (Å²) >= 11 is 6.12. The van der Waals surface area contributed by atoms with E-state index in [9.17, 15) is 4.39 Å². The number of rotatable bonds is 3. The van der Waals surface area contributed by atoms with Gasteiger partial charge in [-0.3, -0.25) is 0 Å². The smallest absolute Gasteiger partial charge is 0.149 e. The summed E-state index contributed by atoms with van der Waals surface area (Å²) in [6.07, 6.45) is 0.816. The van der Waals surface area contributed by atoms with Crippen LogP contribution in [0.2, 0.25) is 5.02 Å². The minimum absolute atomic E-state index is 0.337. The molecule has 0 aliphatic heterocycles. The van der Waals surface area contributed by atoms with E-state index >= 15 is 0 Å². The third kappa shape index (κ3) is 2.41. The molecule has 2 aromatic rings. The van der Waals surface area contributed by atoms with Crippen molar-refractivity contribution in [1.82, 2.24) is 4.98 Å². The van der Waals surface area contributed by atoms with Gasteiger partial charge in [-0.2, -0.15) is 0 Å². The van der Waals surface area contributed by atoms with Crippen molar-refractivity contribution >= 4 is 28.2 Å². The number of fused-ring (bicyclic) bond motifs is 1. The summed E-state index contributed by atoms with van der Waals surface area (Å²) in [6, 6.07) is 4.85. The predicted octanol–water partition coefficient (Wildman–Crippen LogP) is 4.27. The Balaban J connectivity index is 2.71. The highest BCUT2D eigenvalue weighted by Crippen LogP contribution is 2.32. The molecule has 1 N–H and O–H groups in total. The van der Waals surface area contributed by atoms with Gasteiger partial charge in [0.1, 0.15) is 11.3 Å². The van der Waals surface area contributed by atoms with Crippen LogP contribution >= 0.6 is 11.6 Å². The highest BCUT2D eigenvalue weighted by Gasteiger charge is 2.12. The summed E-state index contributed by atoms with van der Waals surface area (Å²) in [6.45, 7) is 4.22. The standard InChI is InChI=1S/C14H16ClFN2/c1-8(2)6-9-7-12(17-3)13-10(15)4-5-11(16)14(13)18-9/h4-5,7-8H,6H2,1-3H3,(H,17,18). The number of nitrogens with one attached hydrogen (secondary N) is 1. The van der Waals surface area contributed by atoms with Crippen LogP contribution < -0.4 is 5.32 Å². The van der Waals surface area contributed by atoms with E-state index < -0.39 is 0 Å². The minimum Gasteiger partial charge on any atom is -0.387 e. The lowest BCUT2D eigenvalue weighted by atomic mass is 10.1. The normalized spacial score (nSPS) is 11.2. The lowest BCUT2D eigenvalue weighted by Gasteiger charge is -2.12. The van der Waals surface area contributed by atoms with Crippen molar-refractivity contribution in [3.63, 3.8) is 0 Å². The van der Waals surface area contributed by atoms with Crippen molar-refractivity contribution in [1.29, 1.82) is 0 Å². The van der Waals surface area contributed by atoms with Gasteiger partial charge in [0.25, 0.3) is 0 Å². The summed E-state index contributed by atoms with van der Waals surface area (Å²) < 4.78 is 13.9. The lowest BCUT2D eigenvalue weighted by Crippen LogP contribution is -2.02. The third-order valence-corrected chi connectivity index (χ3v) is 3.12. The Morgan fingerprint density at radius 3 is 2.72 bits per heavy atom. The molecule has 2 rings (SSSR count). The predicted molar refractivity (Wildman–Crippen MR) is 74.8 cm³/mol. The molecule has 0 fully saturated rings. The molecule has 0 saturated heterocycles. The number of hydrogen-bond acceptors (Lipinski definition) is 2. The SMILES string of the molecule is CNc1cc(CC(C)C)nc2c(F)ccc(Cl)c12. The van der Waals surface area contributed by atoms with Gasteiger partial charge in [-0.15, -0.1) is 0 Å². The van der Waals surface area contributed by atoms with Gasteiger partial charge in [0.2, 0.25) is 0 Å². The van der Waals surface area contributed by atoms with Crippen LogP contribution in [0.15, 0.2) is 18.2 Å². The van der Waals surface area contributed by atoms with Crippen molar-refractivity contribution in [2.24, 2.45) is 5.92 Å². The molecule has 4 heteroatoms. The molecule has 1 heterocycles. The first-order valence-electron chi connectivity index (χ1n) is 5.98. The van der Waals surface area contributed by atoms with Gasteiger partial charge >= 0.3 is 0 Å². The Hall–Kier alpha value is -1.35. The zero-order chi connectivity index (χ0) is 13.3. The van der Waals surface area contributed by atoms with Crippen LogP contribution in [-0.2, 0) is 6.42 Å². The first kappa shape index (κ1) is 13.1. The molecule has 0 spiro atoms. The average molecular weight is 267 g/mol. The molecular weight excluding hydrogens is 251 g/mol. The van der Waals surface area contributed by atoms with Gasteiger partial charge < -0.3 is 5.32 Å². The number of halogens is 2. The van der Waals surface area contributed by atoms with Crippen molar-refractivity contribution in [2.45, 2.75) is 20.3 Å². The molecule has 0 aliphatic carbocycles. The number of benzene rings is 1. The number of pyridine rings is 1. The molecule has 0 amide bonds. The second-order valence-electron chi connectivity index (χ2n) is 4.76. The summed E-state index contributed by atoms with van der Waals surface area (Å²) in [5, 5.41) is 4.22. The lowest BCUT2D eigenvalue weighted by molar-refractivity contribution is 0.625. The summed E-state index contributed by atoms with van der Waals surface area (Å²) in [5.41, 5.74) is 2.04. The Kier molecular flexibility index (Phi) is 3.71. The maximum absolute atomic E-state index is 13.9. The topological polar surface area (TPSA) is 24.9 Å². The van der Waals surface area contributed by atoms with Gasteiger partial charge in [0.15, 0.2) is 0 Å². The Bertz CT molecular complexity index is 582. The summed E-state index contributed by atoms with van der Waals surface area (Å²) in [5.74, 6) is 0.137. The molecule has 1 aromatic carbocycles. The zero-order valence-corrected chi connectivity index (χ0v) is 11.5. The molecule has 0 saturated carbocycles. The zero-order valence-electron chi connectivity index (χ0n) is 10.7. The van der Waals surface area contributed by atoms with E-state index in [-0.39, 0.29) is 5.82 Å². The average Bonchev–Trinajstić information content (AvgIpc) is 2.32. The largest absolute Gasteiger partial charge is 0.387 e. The third-order valence-electron chi connectivity index (χ3n) is 2.80. The Labute approximate surface area is 111 Å². The van der Waals surface area contributed by atoms with E-state index in [1.54, 1.807) is 13.1 Å². The van der Waals surface area contributed by atoms with Gasteiger partial charge in [0, 0.05) is 23.8 Å². The number of nitrogens with zero attached hydrogens (tertiary/aromatic N) is 1. The van der Waals surface area contributed by atoms with E-state index in [1.165, 1.54) is 6.07 Å². The first-order valence-corrected chi connectivity index (χ1v) is 6.36. The van der Waals surface area contributed by atoms with Crippen molar-refractivity contribution < 1.29 is 4.39 Å². The van der Waals surface area contributed by atoms with E-state index in [1.807, 2.05) is 6.07 Å². The van der Waals surface area contributed by atoms with E-state index in [4.69, 9.17) is 11.6 Å². The molecule has 96 valence electrons. The first-order chi connectivity index (χ1) is 8.52. The van der Waals surface area contributed by atoms with Crippen LogP contribution in [0, 0.1) is 11.7 Å². The molecule has 0 aliphatic rings. The second-order valence-corrected chi connectivity index (χ2v) is 5.17. The van der Waals surface area contributed by atoms with E-state index in [0.29, 0.717) is 21.8 Å². The van der Waals surface area contributed by atoms with E-state index in [2.05, 4.69) is 24.1 Å². The van der Waals surface area contributed by atoms with Crippen LogP contribution in [0.1, 0.15) is 19.5 Å². The highest BCUT2D eigenvalue weighted by molar-refractivity contribution is 6.36. The molecule has 0 atom stereocenters. The summed E-state index contributed by atoms with van der Waals surface area (Å²) in [7, 11) is 1.80.